The van der Waals surface area contributed by atoms with E-state index in [1.54, 1.807) is 35.8 Å². The molecule has 1 aromatic heterocycles. The molecule has 1 aliphatic heterocycles. The first-order valence-corrected chi connectivity index (χ1v) is 13.9. The van der Waals surface area contributed by atoms with Gasteiger partial charge >= 0.3 is 0 Å². The number of ether oxygens (including phenoxy) is 3. The molecule has 0 saturated heterocycles. The smallest absolute Gasteiger partial charge is 0.271 e. The first-order valence-electron chi connectivity index (χ1n) is 13.1. The molecule has 0 unspecified atom stereocenters. The second kappa shape index (κ2) is 12.3. The van der Waals surface area contributed by atoms with Gasteiger partial charge in [-0.3, -0.25) is 14.2 Å². The Morgan fingerprint density at radius 3 is 2.36 bits per heavy atom. The van der Waals surface area contributed by atoms with E-state index in [2.05, 4.69) is 6.92 Å². The summed E-state index contributed by atoms with van der Waals surface area (Å²) in [6.07, 6.45) is 2.78. The summed E-state index contributed by atoms with van der Waals surface area (Å²) in [5.74, 6) is 1.78. The summed E-state index contributed by atoms with van der Waals surface area (Å²) in [6.45, 7) is 9.48. The van der Waals surface area contributed by atoms with Crippen LogP contribution in [0, 0.1) is 0 Å². The molecular formula is C30H35N3O5S. The van der Waals surface area contributed by atoms with Crippen LogP contribution < -0.4 is 29.1 Å². The number of carbonyl (C=O) groups excluding carboxylic acids is 1. The predicted octanol–water partition coefficient (Wildman–Crippen LogP) is 3.91. The molecule has 0 N–H and O–H groups in total. The highest BCUT2D eigenvalue weighted by molar-refractivity contribution is 7.07. The standard InChI is InChI=1S/C30H35N3O5S/c1-7-16-38-21-12-10-20(11-13-21)17-25-28(34)33-27(23-18-22(36-5)14-15-24(23)37-6)26(19(4)31-30(33)39-25)29(35)32(8-2)9-3/h10-15,17-18,27H,7-9,16H2,1-6H3/b25-17-/t27-/m0/s1. The first-order chi connectivity index (χ1) is 18.9. The molecule has 2 heterocycles. The van der Waals surface area contributed by atoms with Gasteiger partial charge in [-0.2, -0.15) is 0 Å². The largest absolute Gasteiger partial charge is 0.497 e. The Balaban J connectivity index is 1.93. The van der Waals surface area contributed by atoms with Crippen molar-refractivity contribution in [2.45, 2.75) is 40.2 Å². The molecule has 4 rings (SSSR count). The van der Waals surface area contributed by atoms with E-state index in [1.807, 2.05) is 57.2 Å². The van der Waals surface area contributed by atoms with Gasteiger partial charge in [-0.25, -0.2) is 4.99 Å². The van der Waals surface area contributed by atoms with Crippen LogP contribution >= 0.6 is 11.3 Å². The van der Waals surface area contributed by atoms with E-state index in [1.165, 1.54) is 11.3 Å². The van der Waals surface area contributed by atoms with Crippen molar-refractivity contribution in [2.75, 3.05) is 33.9 Å². The van der Waals surface area contributed by atoms with E-state index in [-0.39, 0.29) is 11.5 Å². The highest BCUT2D eigenvalue weighted by atomic mass is 32.1. The Kier molecular flexibility index (Phi) is 8.91. The van der Waals surface area contributed by atoms with E-state index >= 15 is 0 Å². The summed E-state index contributed by atoms with van der Waals surface area (Å²) in [5.41, 5.74) is 2.33. The molecule has 9 heteroatoms. The number of nitrogens with zero attached hydrogens (tertiary/aromatic N) is 3. The average Bonchev–Trinajstić information content (AvgIpc) is 3.25. The monoisotopic (exact) mass is 549 g/mol. The van der Waals surface area contributed by atoms with Crippen LogP contribution in [0.1, 0.15) is 51.3 Å². The highest BCUT2D eigenvalue weighted by Crippen LogP contribution is 2.38. The molecule has 0 saturated carbocycles. The van der Waals surface area contributed by atoms with Crippen LogP contribution in [0.15, 0.2) is 63.5 Å². The van der Waals surface area contributed by atoms with E-state index < -0.39 is 6.04 Å². The maximum Gasteiger partial charge on any atom is 0.271 e. The van der Waals surface area contributed by atoms with Gasteiger partial charge in [-0.1, -0.05) is 30.4 Å². The van der Waals surface area contributed by atoms with Crippen LogP contribution in [0.4, 0.5) is 0 Å². The molecule has 206 valence electrons. The molecule has 0 spiro atoms. The molecule has 39 heavy (non-hydrogen) atoms. The van der Waals surface area contributed by atoms with Crippen LogP contribution in [0.25, 0.3) is 6.08 Å². The maximum absolute atomic E-state index is 14.0. The van der Waals surface area contributed by atoms with Crippen molar-refractivity contribution in [3.8, 4) is 17.2 Å². The van der Waals surface area contributed by atoms with Crippen LogP contribution in [0.2, 0.25) is 0 Å². The number of aromatic nitrogens is 1. The van der Waals surface area contributed by atoms with Gasteiger partial charge in [0.25, 0.3) is 11.5 Å². The zero-order valence-corrected chi connectivity index (χ0v) is 24.1. The zero-order chi connectivity index (χ0) is 28.1. The number of carbonyl (C=O) groups is 1. The van der Waals surface area contributed by atoms with Gasteiger partial charge in [-0.05, 0) is 69.2 Å². The van der Waals surface area contributed by atoms with Gasteiger partial charge in [0, 0.05) is 18.7 Å². The van der Waals surface area contributed by atoms with Crippen molar-refractivity contribution in [3.63, 3.8) is 0 Å². The molecular weight excluding hydrogens is 514 g/mol. The lowest BCUT2D eigenvalue weighted by Crippen LogP contribution is -2.43. The van der Waals surface area contributed by atoms with E-state index in [0.29, 0.717) is 57.4 Å². The lowest BCUT2D eigenvalue weighted by molar-refractivity contribution is -0.127. The molecule has 1 aliphatic rings. The van der Waals surface area contributed by atoms with Gasteiger partial charge in [-0.15, -0.1) is 0 Å². The summed E-state index contributed by atoms with van der Waals surface area (Å²) in [5, 5.41) is 0. The summed E-state index contributed by atoms with van der Waals surface area (Å²) >= 11 is 1.30. The molecule has 0 radical (unpaired) electrons. The van der Waals surface area contributed by atoms with Crippen molar-refractivity contribution in [1.29, 1.82) is 0 Å². The molecule has 1 atom stereocenters. The molecule has 3 aromatic rings. The molecule has 0 aliphatic carbocycles. The minimum atomic E-state index is -0.730. The van der Waals surface area contributed by atoms with Crippen LogP contribution in [-0.4, -0.2) is 49.3 Å². The summed E-state index contributed by atoms with van der Waals surface area (Å²) in [6, 6.07) is 12.3. The normalized spacial score (nSPS) is 15.0. The Labute approximate surface area is 232 Å². The van der Waals surface area contributed by atoms with Crippen LogP contribution in [-0.2, 0) is 4.79 Å². The number of rotatable bonds is 10. The number of hydrogen-bond donors (Lipinski definition) is 0. The molecule has 1 amide bonds. The van der Waals surface area contributed by atoms with Gasteiger partial charge in [0.05, 0.1) is 36.6 Å². The number of amides is 1. The Morgan fingerprint density at radius 2 is 1.74 bits per heavy atom. The van der Waals surface area contributed by atoms with Crippen molar-refractivity contribution < 1.29 is 19.0 Å². The molecule has 2 aromatic carbocycles. The van der Waals surface area contributed by atoms with E-state index in [4.69, 9.17) is 19.2 Å². The van der Waals surface area contributed by atoms with Crippen molar-refractivity contribution in [1.82, 2.24) is 9.47 Å². The lowest BCUT2D eigenvalue weighted by Gasteiger charge is -2.30. The quantitative estimate of drug-likeness (QED) is 0.383. The zero-order valence-electron chi connectivity index (χ0n) is 23.3. The molecule has 8 nitrogen and oxygen atoms in total. The van der Waals surface area contributed by atoms with Crippen molar-refractivity contribution >= 4 is 23.3 Å². The highest BCUT2D eigenvalue weighted by Gasteiger charge is 2.36. The van der Waals surface area contributed by atoms with Gasteiger partial charge in [0.1, 0.15) is 23.3 Å². The summed E-state index contributed by atoms with van der Waals surface area (Å²) in [7, 11) is 3.16. The Hall–Kier alpha value is -3.85. The van der Waals surface area contributed by atoms with Gasteiger partial charge in [0.2, 0.25) is 0 Å². The maximum atomic E-state index is 14.0. The number of likely N-dealkylation sites (N-methyl/N-ethyl adjacent to an activating group) is 1. The molecule has 0 fully saturated rings. The SMILES string of the molecule is CCCOc1ccc(/C=c2\sc3n(c2=O)[C@@H](c2cc(OC)ccc2OC)C(C(=O)N(CC)CC)=C(C)N=3)cc1. The first kappa shape index (κ1) is 28.2. The van der Waals surface area contributed by atoms with Crippen LogP contribution in [0.3, 0.4) is 0 Å². The van der Waals surface area contributed by atoms with E-state index in [9.17, 15) is 9.59 Å². The second-order valence-electron chi connectivity index (χ2n) is 9.08. The Bertz CT molecular complexity index is 1550. The fraction of sp³-hybridized carbons (Fsp3) is 0.367. The predicted molar refractivity (Wildman–Crippen MR) is 153 cm³/mol. The number of hydrogen-bond acceptors (Lipinski definition) is 7. The number of methoxy groups -OCH3 is 2. The van der Waals surface area contributed by atoms with Crippen molar-refractivity contribution in [3.05, 3.63) is 84.5 Å². The summed E-state index contributed by atoms with van der Waals surface area (Å²) in [4.78, 5) is 34.8. The third-order valence-electron chi connectivity index (χ3n) is 6.68. The molecule has 0 bridgehead atoms. The minimum Gasteiger partial charge on any atom is -0.497 e. The topological polar surface area (TPSA) is 82.4 Å². The number of thiazole rings is 1. The number of allylic oxidation sites excluding steroid dienone is 1. The van der Waals surface area contributed by atoms with Gasteiger partial charge < -0.3 is 19.1 Å². The van der Waals surface area contributed by atoms with Crippen LogP contribution in [0.5, 0.6) is 17.2 Å². The fourth-order valence-electron chi connectivity index (χ4n) is 4.66. The average molecular weight is 550 g/mol. The number of fused-ring (bicyclic) bond motifs is 1. The van der Waals surface area contributed by atoms with Crippen molar-refractivity contribution in [2.24, 2.45) is 4.99 Å². The summed E-state index contributed by atoms with van der Waals surface area (Å²) < 4.78 is 19.0. The third-order valence-corrected chi connectivity index (χ3v) is 7.67. The third kappa shape index (κ3) is 5.63. The second-order valence-corrected chi connectivity index (χ2v) is 10.1. The van der Waals surface area contributed by atoms with E-state index in [0.717, 1.165) is 17.7 Å². The minimum absolute atomic E-state index is 0.159. The Morgan fingerprint density at radius 1 is 1.05 bits per heavy atom. The number of benzene rings is 2. The fourth-order valence-corrected chi connectivity index (χ4v) is 5.70. The van der Waals surface area contributed by atoms with Gasteiger partial charge in [0.15, 0.2) is 4.80 Å². The lowest BCUT2D eigenvalue weighted by atomic mass is 9.93.